The molecule has 6 nitrogen and oxygen atoms in total. The molecule has 2 amide bonds. The second kappa shape index (κ2) is 4.77. The Bertz CT molecular complexity index is 510. The predicted octanol–water partition coefficient (Wildman–Crippen LogP) is 1.82. The molecule has 0 saturated carbocycles. The minimum atomic E-state index is -0.0490. The van der Waals surface area contributed by atoms with E-state index in [2.05, 4.69) is 15.5 Å². The molecular weight excluding hydrogens is 250 g/mol. The van der Waals surface area contributed by atoms with E-state index in [0.717, 1.165) is 18.0 Å². The first-order valence-corrected chi connectivity index (χ1v) is 6.66. The second-order valence-electron chi connectivity index (χ2n) is 4.15. The van der Waals surface area contributed by atoms with Crippen molar-refractivity contribution in [2.24, 2.45) is 0 Å². The van der Waals surface area contributed by atoms with E-state index >= 15 is 0 Å². The average molecular weight is 263 g/mol. The Kier molecular flexibility index (Phi) is 2.97. The van der Waals surface area contributed by atoms with Crippen LogP contribution in [0.5, 0.6) is 0 Å². The molecule has 2 aromatic rings. The summed E-state index contributed by atoms with van der Waals surface area (Å²) in [6, 6.07) is 3.95. The molecule has 1 atom stereocenters. The molecule has 1 fully saturated rings. The Labute approximate surface area is 108 Å². The van der Waals surface area contributed by atoms with Gasteiger partial charge >= 0.3 is 6.03 Å². The van der Waals surface area contributed by atoms with Gasteiger partial charge in [0.1, 0.15) is 0 Å². The highest BCUT2D eigenvalue weighted by Gasteiger charge is 2.28. The van der Waals surface area contributed by atoms with Crippen molar-refractivity contribution < 1.29 is 4.79 Å². The summed E-state index contributed by atoms with van der Waals surface area (Å²) in [6.07, 6.45) is 4.22. The van der Waals surface area contributed by atoms with Crippen molar-refractivity contribution in [3.8, 4) is 0 Å². The van der Waals surface area contributed by atoms with Crippen LogP contribution in [0.3, 0.4) is 0 Å². The van der Waals surface area contributed by atoms with E-state index in [0.29, 0.717) is 6.54 Å². The zero-order valence-corrected chi connectivity index (χ0v) is 10.5. The number of nitrogens with one attached hydrogen (secondary N) is 1. The van der Waals surface area contributed by atoms with Crippen molar-refractivity contribution >= 4 is 22.4 Å². The van der Waals surface area contributed by atoms with E-state index in [9.17, 15) is 4.79 Å². The van der Waals surface area contributed by atoms with E-state index in [1.54, 1.807) is 22.1 Å². The highest BCUT2D eigenvalue weighted by atomic mass is 32.1. The van der Waals surface area contributed by atoms with Gasteiger partial charge in [0.15, 0.2) is 0 Å². The van der Waals surface area contributed by atoms with Gasteiger partial charge in [0, 0.05) is 13.1 Å². The van der Waals surface area contributed by atoms with Gasteiger partial charge in [0.05, 0.1) is 23.4 Å². The number of carbonyl (C=O) groups is 1. The number of nitrogens with zero attached hydrogens (tertiary/aromatic N) is 4. The molecule has 3 heterocycles. The lowest BCUT2D eigenvalue weighted by molar-refractivity contribution is 0.220. The fraction of sp³-hybridized carbons (Fsp3) is 0.364. The largest absolute Gasteiger partial charge is 0.322 e. The first-order valence-electron chi connectivity index (χ1n) is 5.78. The predicted molar refractivity (Wildman–Crippen MR) is 68.6 cm³/mol. The summed E-state index contributed by atoms with van der Waals surface area (Å²) in [5.41, 5.74) is 0. The van der Waals surface area contributed by atoms with Gasteiger partial charge in [-0.05, 0) is 23.9 Å². The van der Waals surface area contributed by atoms with E-state index in [4.69, 9.17) is 0 Å². The highest BCUT2D eigenvalue weighted by molar-refractivity contribution is 7.14. The lowest BCUT2D eigenvalue weighted by atomic mass is 10.3. The number of carbonyl (C=O) groups excluding carboxylic acids is 1. The van der Waals surface area contributed by atoms with E-state index in [-0.39, 0.29) is 12.1 Å². The molecule has 2 aromatic heterocycles. The zero-order valence-electron chi connectivity index (χ0n) is 9.69. The minimum Gasteiger partial charge on any atom is -0.322 e. The number of likely N-dealkylation sites (tertiary alicyclic amines) is 1. The number of hydrogen-bond donors (Lipinski definition) is 1. The quantitative estimate of drug-likeness (QED) is 0.899. The maximum Gasteiger partial charge on any atom is 0.322 e. The molecule has 0 spiro atoms. The number of anilines is 1. The summed E-state index contributed by atoms with van der Waals surface area (Å²) >= 11 is 1.52. The van der Waals surface area contributed by atoms with Gasteiger partial charge in [-0.2, -0.15) is 15.0 Å². The molecule has 0 aliphatic carbocycles. The molecule has 1 saturated heterocycles. The van der Waals surface area contributed by atoms with Gasteiger partial charge in [-0.3, -0.25) is 5.32 Å². The van der Waals surface area contributed by atoms with Crippen LogP contribution in [-0.2, 0) is 0 Å². The topological polar surface area (TPSA) is 63.1 Å². The fourth-order valence-corrected chi connectivity index (χ4v) is 2.67. The third-order valence-corrected chi connectivity index (χ3v) is 3.75. The molecule has 0 unspecified atom stereocenters. The van der Waals surface area contributed by atoms with Crippen LogP contribution in [0.15, 0.2) is 29.9 Å². The molecule has 1 aliphatic heterocycles. The maximum absolute atomic E-state index is 12.0. The van der Waals surface area contributed by atoms with Crippen molar-refractivity contribution in [2.45, 2.75) is 12.5 Å². The van der Waals surface area contributed by atoms with Crippen LogP contribution in [0, 0.1) is 0 Å². The summed E-state index contributed by atoms with van der Waals surface area (Å²) in [6.45, 7) is 1.40. The van der Waals surface area contributed by atoms with Crippen molar-refractivity contribution in [2.75, 3.05) is 18.4 Å². The van der Waals surface area contributed by atoms with Crippen LogP contribution in [0.25, 0.3) is 0 Å². The standard InChI is InChI=1S/C11H13N5OS/c17-11(14-10-2-1-7-18-10)15-6-3-9(8-15)16-12-4-5-13-16/h1-2,4-5,7,9H,3,6,8H2,(H,14,17)/t9-/m0/s1. The Morgan fingerprint density at radius 2 is 2.28 bits per heavy atom. The van der Waals surface area contributed by atoms with Crippen molar-refractivity contribution in [3.63, 3.8) is 0 Å². The molecule has 0 radical (unpaired) electrons. The normalized spacial score (nSPS) is 19.1. The van der Waals surface area contributed by atoms with E-state index in [1.165, 1.54) is 11.3 Å². The van der Waals surface area contributed by atoms with E-state index < -0.39 is 0 Å². The Hall–Kier alpha value is -1.89. The molecular formula is C11H13N5OS. The van der Waals surface area contributed by atoms with Crippen LogP contribution in [0.4, 0.5) is 9.80 Å². The van der Waals surface area contributed by atoms with Gasteiger partial charge in [-0.15, -0.1) is 11.3 Å². The molecule has 1 aliphatic rings. The van der Waals surface area contributed by atoms with E-state index in [1.807, 2.05) is 17.5 Å². The van der Waals surface area contributed by atoms with Crippen LogP contribution >= 0.6 is 11.3 Å². The second-order valence-corrected chi connectivity index (χ2v) is 5.09. The Balaban J connectivity index is 1.60. The third kappa shape index (κ3) is 2.21. The van der Waals surface area contributed by atoms with Crippen molar-refractivity contribution in [1.29, 1.82) is 0 Å². The van der Waals surface area contributed by atoms with Crippen molar-refractivity contribution in [3.05, 3.63) is 29.9 Å². The average Bonchev–Trinajstić information content (AvgIpc) is 3.11. The van der Waals surface area contributed by atoms with Gasteiger partial charge in [-0.25, -0.2) is 4.79 Å². The molecule has 3 rings (SSSR count). The van der Waals surface area contributed by atoms with Gasteiger partial charge in [-0.1, -0.05) is 0 Å². The van der Waals surface area contributed by atoms with Crippen LogP contribution in [-0.4, -0.2) is 39.0 Å². The van der Waals surface area contributed by atoms with Gasteiger partial charge in [0.25, 0.3) is 0 Å². The number of aromatic nitrogens is 3. The molecule has 18 heavy (non-hydrogen) atoms. The molecule has 0 bridgehead atoms. The summed E-state index contributed by atoms with van der Waals surface area (Å²) in [5.74, 6) is 0. The number of urea groups is 1. The smallest absolute Gasteiger partial charge is 0.322 e. The van der Waals surface area contributed by atoms with Crippen molar-refractivity contribution in [1.82, 2.24) is 19.9 Å². The highest BCUT2D eigenvalue weighted by Crippen LogP contribution is 2.21. The molecule has 0 aromatic carbocycles. The lowest BCUT2D eigenvalue weighted by Gasteiger charge is -2.16. The minimum absolute atomic E-state index is 0.0490. The van der Waals surface area contributed by atoms with Gasteiger partial charge in [0.2, 0.25) is 0 Å². The zero-order chi connectivity index (χ0) is 12.4. The maximum atomic E-state index is 12.0. The summed E-state index contributed by atoms with van der Waals surface area (Å²) in [5, 5.41) is 13.9. The lowest BCUT2D eigenvalue weighted by Crippen LogP contribution is -2.33. The number of hydrogen-bond acceptors (Lipinski definition) is 4. The van der Waals surface area contributed by atoms with Gasteiger partial charge < -0.3 is 4.90 Å². The monoisotopic (exact) mass is 263 g/mol. The molecule has 94 valence electrons. The Morgan fingerprint density at radius 3 is 3.00 bits per heavy atom. The summed E-state index contributed by atoms with van der Waals surface area (Å²) in [4.78, 5) is 15.5. The van der Waals surface area contributed by atoms with Crippen LogP contribution in [0.2, 0.25) is 0 Å². The SMILES string of the molecule is O=C(Nc1cccs1)N1CC[C@H](n2nccn2)C1. The number of rotatable bonds is 2. The number of thiophene rings is 1. The number of amides is 2. The Morgan fingerprint density at radius 1 is 1.44 bits per heavy atom. The van der Waals surface area contributed by atoms with Crippen LogP contribution in [0.1, 0.15) is 12.5 Å². The first kappa shape index (κ1) is 11.2. The van der Waals surface area contributed by atoms with Crippen LogP contribution < -0.4 is 5.32 Å². The third-order valence-electron chi connectivity index (χ3n) is 2.97. The fourth-order valence-electron chi connectivity index (χ4n) is 2.06. The summed E-state index contributed by atoms with van der Waals surface area (Å²) < 4.78 is 0. The molecule has 7 heteroatoms. The first-order chi connectivity index (χ1) is 8.83. The molecule has 1 N–H and O–H groups in total. The summed E-state index contributed by atoms with van der Waals surface area (Å²) in [7, 11) is 0.